The molecule has 0 spiro atoms. The first-order valence-electron chi connectivity index (χ1n) is 4.61. The Morgan fingerprint density at radius 1 is 1.38 bits per heavy atom. The lowest BCUT2D eigenvalue weighted by molar-refractivity contribution is 0.0697. The molecular formula is C11H9BrN2O2. The Bertz CT molecular complexity index is 531. The van der Waals surface area contributed by atoms with Crippen LogP contribution in [0, 0.1) is 0 Å². The maximum atomic E-state index is 11.0. The van der Waals surface area contributed by atoms with Gasteiger partial charge in [-0.25, -0.2) is 4.79 Å². The second-order valence-electron chi connectivity index (χ2n) is 3.38. The van der Waals surface area contributed by atoms with Crippen LogP contribution >= 0.6 is 15.9 Å². The lowest BCUT2D eigenvalue weighted by Gasteiger charge is -1.98. The molecule has 0 saturated carbocycles. The number of hydrogen-bond donors (Lipinski definition) is 1. The van der Waals surface area contributed by atoms with Crippen LogP contribution in [0.25, 0.3) is 11.3 Å². The molecule has 5 heteroatoms. The van der Waals surface area contributed by atoms with Crippen molar-refractivity contribution in [3.8, 4) is 11.3 Å². The standard InChI is InChI=1S/C11H9BrN2O2/c1-14-6-9(11(15)16)10(13-14)7-2-4-8(12)5-3-7/h2-6H,1H3,(H,15,16). The highest BCUT2D eigenvalue weighted by atomic mass is 79.9. The van der Waals surface area contributed by atoms with Gasteiger partial charge >= 0.3 is 5.97 Å². The normalized spacial score (nSPS) is 10.4. The number of aromatic carboxylic acids is 1. The number of nitrogens with zero attached hydrogens (tertiary/aromatic N) is 2. The van der Waals surface area contributed by atoms with Crippen molar-refractivity contribution in [2.75, 3.05) is 0 Å². The molecule has 16 heavy (non-hydrogen) atoms. The maximum absolute atomic E-state index is 11.0. The summed E-state index contributed by atoms with van der Waals surface area (Å²) in [5.74, 6) is -0.967. The lowest BCUT2D eigenvalue weighted by Crippen LogP contribution is -1.96. The first kappa shape index (κ1) is 10.9. The van der Waals surface area contributed by atoms with Gasteiger partial charge < -0.3 is 5.11 Å². The van der Waals surface area contributed by atoms with Gasteiger partial charge in [-0.3, -0.25) is 4.68 Å². The molecule has 1 aromatic heterocycles. The minimum Gasteiger partial charge on any atom is -0.478 e. The van der Waals surface area contributed by atoms with Gasteiger partial charge in [0.25, 0.3) is 0 Å². The van der Waals surface area contributed by atoms with Crippen LogP contribution < -0.4 is 0 Å². The lowest BCUT2D eigenvalue weighted by atomic mass is 10.1. The van der Waals surface area contributed by atoms with E-state index < -0.39 is 5.97 Å². The van der Waals surface area contributed by atoms with Gasteiger partial charge in [0.15, 0.2) is 0 Å². The van der Waals surface area contributed by atoms with Crippen LogP contribution in [0.3, 0.4) is 0 Å². The highest BCUT2D eigenvalue weighted by Gasteiger charge is 2.15. The summed E-state index contributed by atoms with van der Waals surface area (Å²) in [6, 6.07) is 7.38. The number of benzene rings is 1. The Labute approximate surface area is 101 Å². The number of carbonyl (C=O) groups is 1. The van der Waals surface area contributed by atoms with Gasteiger partial charge in [-0.2, -0.15) is 5.10 Å². The number of halogens is 1. The smallest absolute Gasteiger partial charge is 0.339 e. The van der Waals surface area contributed by atoms with Crippen LogP contribution in [0.1, 0.15) is 10.4 Å². The highest BCUT2D eigenvalue weighted by molar-refractivity contribution is 9.10. The zero-order chi connectivity index (χ0) is 11.7. The van der Waals surface area contributed by atoms with E-state index in [0.717, 1.165) is 10.0 Å². The third kappa shape index (κ3) is 1.99. The summed E-state index contributed by atoms with van der Waals surface area (Å²) in [5.41, 5.74) is 1.49. The fourth-order valence-electron chi connectivity index (χ4n) is 1.47. The van der Waals surface area contributed by atoms with E-state index in [4.69, 9.17) is 5.11 Å². The van der Waals surface area contributed by atoms with Crippen LogP contribution in [0.2, 0.25) is 0 Å². The molecule has 0 saturated heterocycles. The molecule has 1 N–H and O–H groups in total. The van der Waals surface area contributed by atoms with Crippen molar-refractivity contribution < 1.29 is 9.90 Å². The van der Waals surface area contributed by atoms with Crippen molar-refractivity contribution in [1.82, 2.24) is 9.78 Å². The Balaban J connectivity index is 2.55. The second kappa shape index (κ2) is 4.09. The topological polar surface area (TPSA) is 55.1 Å². The molecule has 82 valence electrons. The van der Waals surface area contributed by atoms with E-state index in [2.05, 4.69) is 21.0 Å². The van der Waals surface area contributed by atoms with E-state index in [-0.39, 0.29) is 5.56 Å². The van der Waals surface area contributed by atoms with E-state index in [1.54, 1.807) is 7.05 Å². The summed E-state index contributed by atoms with van der Waals surface area (Å²) >= 11 is 3.33. The maximum Gasteiger partial charge on any atom is 0.339 e. The average Bonchev–Trinajstić information content (AvgIpc) is 2.61. The second-order valence-corrected chi connectivity index (χ2v) is 4.29. The molecule has 0 fully saturated rings. The minimum absolute atomic E-state index is 0.213. The molecule has 0 aliphatic heterocycles. The number of carboxylic acids is 1. The average molecular weight is 281 g/mol. The zero-order valence-electron chi connectivity index (χ0n) is 8.51. The number of carboxylic acid groups (broad SMARTS) is 1. The summed E-state index contributed by atoms with van der Waals surface area (Å²) in [6.45, 7) is 0. The quantitative estimate of drug-likeness (QED) is 0.920. The first-order chi connectivity index (χ1) is 7.58. The molecule has 1 aromatic carbocycles. The minimum atomic E-state index is -0.967. The summed E-state index contributed by atoms with van der Waals surface area (Å²) in [7, 11) is 1.70. The van der Waals surface area contributed by atoms with E-state index in [1.165, 1.54) is 10.9 Å². The summed E-state index contributed by atoms with van der Waals surface area (Å²) < 4.78 is 2.45. The van der Waals surface area contributed by atoms with Crippen molar-refractivity contribution in [3.05, 3.63) is 40.5 Å². The molecule has 0 amide bonds. The van der Waals surface area contributed by atoms with Crippen LogP contribution in [0.4, 0.5) is 0 Å². The van der Waals surface area contributed by atoms with E-state index in [9.17, 15) is 4.79 Å². The third-order valence-electron chi connectivity index (χ3n) is 2.18. The van der Waals surface area contributed by atoms with E-state index in [0.29, 0.717) is 5.69 Å². The van der Waals surface area contributed by atoms with Crippen molar-refractivity contribution in [1.29, 1.82) is 0 Å². The molecule has 0 aliphatic carbocycles. The fraction of sp³-hybridized carbons (Fsp3) is 0.0909. The molecular weight excluding hydrogens is 272 g/mol. The summed E-state index contributed by atoms with van der Waals surface area (Å²) in [6.07, 6.45) is 1.50. The van der Waals surface area contributed by atoms with Crippen LogP contribution in [-0.4, -0.2) is 20.9 Å². The SMILES string of the molecule is Cn1cc(C(=O)O)c(-c2ccc(Br)cc2)n1. The summed E-state index contributed by atoms with van der Waals surface area (Å²) in [5, 5.41) is 13.2. The number of rotatable bonds is 2. The number of hydrogen-bond acceptors (Lipinski definition) is 2. The largest absolute Gasteiger partial charge is 0.478 e. The van der Waals surface area contributed by atoms with Gasteiger partial charge in [0.1, 0.15) is 11.3 Å². The van der Waals surface area contributed by atoms with Crippen LogP contribution in [0.5, 0.6) is 0 Å². The van der Waals surface area contributed by atoms with Crippen molar-refractivity contribution in [2.24, 2.45) is 7.05 Å². The van der Waals surface area contributed by atoms with Crippen LogP contribution in [0.15, 0.2) is 34.9 Å². The molecule has 0 atom stereocenters. The molecule has 0 bridgehead atoms. The molecule has 2 rings (SSSR count). The van der Waals surface area contributed by atoms with Crippen molar-refractivity contribution >= 4 is 21.9 Å². The number of aryl methyl sites for hydroxylation is 1. The first-order valence-corrected chi connectivity index (χ1v) is 5.40. The highest BCUT2D eigenvalue weighted by Crippen LogP contribution is 2.23. The van der Waals surface area contributed by atoms with Gasteiger partial charge in [-0.15, -0.1) is 0 Å². The Morgan fingerprint density at radius 2 is 2.00 bits per heavy atom. The van der Waals surface area contributed by atoms with Crippen LogP contribution in [-0.2, 0) is 7.05 Å². The third-order valence-corrected chi connectivity index (χ3v) is 2.71. The van der Waals surface area contributed by atoms with Crippen molar-refractivity contribution in [2.45, 2.75) is 0 Å². The molecule has 1 heterocycles. The Hall–Kier alpha value is -1.62. The van der Waals surface area contributed by atoms with Gasteiger partial charge in [0, 0.05) is 23.3 Å². The number of aromatic nitrogens is 2. The fourth-order valence-corrected chi connectivity index (χ4v) is 1.73. The molecule has 2 aromatic rings. The monoisotopic (exact) mass is 280 g/mol. The molecule has 0 unspecified atom stereocenters. The van der Waals surface area contributed by atoms with E-state index in [1.807, 2.05) is 24.3 Å². The Morgan fingerprint density at radius 3 is 2.56 bits per heavy atom. The Kier molecular flexibility index (Phi) is 2.78. The van der Waals surface area contributed by atoms with Gasteiger partial charge in [0.05, 0.1) is 0 Å². The molecule has 4 nitrogen and oxygen atoms in total. The van der Waals surface area contributed by atoms with Gasteiger partial charge in [-0.05, 0) is 12.1 Å². The predicted octanol–water partition coefficient (Wildman–Crippen LogP) is 2.55. The van der Waals surface area contributed by atoms with Crippen molar-refractivity contribution in [3.63, 3.8) is 0 Å². The molecule has 0 aliphatic rings. The van der Waals surface area contributed by atoms with Gasteiger partial charge in [-0.1, -0.05) is 28.1 Å². The molecule has 0 radical (unpaired) electrons. The summed E-state index contributed by atoms with van der Waals surface area (Å²) in [4.78, 5) is 11.0. The van der Waals surface area contributed by atoms with Gasteiger partial charge in [0.2, 0.25) is 0 Å². The zero-order valence-corrected chi connectivity index (χ0v) is 10.1. The van der Waals surface area contributed by atoms with E-state index >= 15 is 0 Å². The predicted molar refractivity (Wildman–Crippen MR) is 63.3 cm³/mol.